The third-order valence-corrected chi connectivity index (χ3v) is 6.85. The smallest absolute Gasteiger partial charge is 0.236 e. The van der Waals surface area contributed by atoms with E-state index in [0.29, 0.717) is 17.1 Å². The molecular formula is C32H19N3O2. The first kappa shape index (κ1) is 20.1. The molecule has 8 aromatic rings. The quantitative estimate of drug-likeness (QED) is 0.256. The van der Waals surface area contributed by atoms with Crippen LogP contribution in [0.4, 0.5) is 0 Å². The van der Waals surface area contributed by atoms with Gasteiger partial charge in [-0.25, -0.2) is 9.97 Å². The second-order valence-corrected chi connectivity index (χ2v) is 9.06. The maximum absolute atomic E-state index is 6.36. The molecule has 0 radical (unpaired) electrons. The summed E-state index contributed by atoms with van der Waals surface area (Å²) in [5.74, 6) is 0.568. The van der Waals surface area contributed by atoms with Crippen molar-refractivity contribution in [2.24, 2.45) is 0 Å². The van der Waals surface area contributed by atoms with E-state index in [4.69, 9.17) is 18.8 Å². The predicted octanol–water partition coefficient (Wildman–Crippen LogP) is 8.40. The van der Waals surface area contributed by atoms with Crippen LogP contribution in [0.2, 0.25) is 0 Å². The maximum Gasteiger partial charge on any atom is 0.236 e. The van der Waals surface area contributed by atoms with Crippen LogP contribution in [0.1, 0.15) is 0 Å². The number of nitrogens with zero attached hydrogens (tertiary/aromatic N) is 3. The number of fused-ring (bicyclic) bond motifs is 7. The molecule has 0 spiro atoms. The largest absolute Gasteiger partial charge is 0.450 e. The first-order chi connectivity index (χ1) is 18.3. The number of para-hydroxylation sites is 2. The van der Waals surface area contributed by atoms with Crippen molar-refractivity contribution in [3.05, 3.63) is 115 Å². The van der Waals surface area contributed by atoms with E-state index in [-0.39, 0.29) is 0 Å². The van der Waals surface area contributed by atoms with Crippen LogP contribution in [0.15, 0.2) is 124 Å². The van der Waals surface area contributed by atoms with Crippen LogP contribution in [0, 0.1) is 0 Å². The molecular weight excluding hydrogens is 458 g/mol. The van der Waals surface area contributed by atoms with Gasteiger partial charge in [-0.3, -0.25) is 4.57 Å². The van der Waals surface area contributed by atoms with Crippen LogP contribution in [0.25, 0.3) is 72.6 Å². The minimum atomic E-state index is 0.568. The third-order valence-electron chi connectivity index (χ3n) is 6.85. The molecule has 5 heteroatoms. The first-order valence-corrected chi connectivity index (χ1v) is 12.2. The molecule has 5 nitrogen and oxygen atoms in total. The highest BCUT2D eigenvalue weighted by atomic mass is 16.4. The molecule has 4 aromatic carbocycles. The SMILES string of the molecule is c1ccc(-c2cc(-c3ccccc3)nc(-n3c4c5ccccc5oc4c4oc5ccccc5c43)n2)cc1. The van der Waals surface area contributed by atoms with Crippen LogP contribution in [0.5, 0.6) is 0 Å². The van der Waals surface area contributed by atoms with E-state index in [2.05, 4.69) is 41.0 Å². The minimum absolute atomic E-state index is 0.568. The summed E-state index contributed by atoms with van der Waals surface area (Å²) in [6, 6.07) is 38.5. The normalized spacial score (nSPS) is 11.8. The Morgan fingerprint density at radius 2 is 0.919 bits per heavy atom. The topological polar surface area (TPSA) is 57.0 Å². The summed E-state index contributed by atoms with van der Waals surface area (Å²) in [5, 5.41) is 1.98. The second kappa shape index (κ2) is 7.67. The van der Waals surface area contributed by atoms with E-state index >= 15 is 0 Å². The summed E-state index contributed by atoms with van der Waals surface area (Å²) >= 11 is 0. The van der Waals surface area contributed by atoms with Crippen LogP contribution in [0.3, 0.4) is 0 Å². The maximum atomic E-state index is 6.36. The lowest BCUT2D eigenvalue weighted by Crippen LogP contribution is -2.03. The first-order valence-electron chi connectivity index (χ1n) is 12.2. The lowest BCUT2D eigenvalue weighted by molar-refractivity contribution is 0.634. The zero-order chi connectivity index (χ0) is 24.3. The minimum Gasteiger partial charge on any atom is -0.450 e. The number of hydrogen-bond acceptors (Lipinski definition) is 4. The van der Waals surface area contributed by atoms with E-state index in [1.807, 2.05) is 78.9 Å². The van der Waals surface area contributed by atoms with Crippen LogP contribution in [-0.4, -0.2) is 14.5 Å². The molecule has 37 heavy (non-hydrogen) atoms. The molecule has 0 aliphatic heterocycles. The highest BCUT2D eigenvalue weighted by Crippen LogP contribution is 2.42. The van der Waals surface area contributed by atoms with E-state index in [1.54, 1.807) is 0 Å². The van der Waals surface area contributed by atoms with Crippen molar-refractivity contribution in [1.82, 2.24) is 14.5 Å². The summed E-state index contributed by atoms with van der Waals surface area (Å²) in [5.41, 5.74) is 8.54. The van der Waals surface area contributed by atoms with E-state index in [9.17, 15) is 0 Å². The standard InChI is InChI=1S/C32H19N3O2/c1-3-11-20(12-4-1)24-19-25(21-13-5-2-6-14-21)34-32(33-24)35-28-22-15-7-9-17-26(22)36-30(28)31-29(35)23-16-8-10-18-27(23)37-31/h1-19H. The second-order valence-electron chi connectivity index (χ2n) is 9.06. The molecule has 0 atom stereocenters. The summed E-state index contributed by atoms with van der Waals surface area (Å²) < 4.78 is 14.8. The number of benzene rings is 4. The Kier molecular flexibility index (Phi) is 4.16. The van der Waals surface area contributed by atoms with Crippen molar-refractivity contribution in [2.75, 3.05) is 0 Å². The van der Waals surface area contributed by atoms with Crippen molar-refractivity contribution in [2.45, 2.75) is 0 Å². The zero-order valence-electron chi connectivity index (χ0n) is 19.6. The Balaban J connectivity index is 1.54. The molecule has 0 N–H and O–H groups in total. The molecule has 0 amide bonds. The van der Waals surface area contributed by atoms with Crippen LogP contribution >= 0.6 is 0 Å². The number of rotatable bonds is 3. The summed E-state index contributed by atoms with van der Waals surface area (Å²) in [6.07, 6.45) is 0. The molecule has 4 aromatic heterocycles. The van der Waals surface area contributed by atoms with E-state index in [0.717, 1.165) is 55.5 Å². The van der Waals surface area contributed by atoms with Gasteiger partial charge in [-0.15, -0.1) is 0 Å². The van der Waals surface area contributed by atoms with Crippen molar-refractivity contribution in [1.29, 1.82) is 0 Å². The van der Waals surface area contributed by atoms with Gasteiger partial charge in [-0.1, -0.05) is 84.9 Å². The van der Waals surface area contributed by atoms with Gasteiger partial charge in [0.1, 0.15) is 22.2 Å². The van der Waals surface area contributed by atoms with Gasteiger partial charge in [0, 0.05) is 21.9 Å². The van der Waals surface area contributed by atoms with Crippen molar-refractivity contribution >= 4 is 44.1 Å². The molecule has 0 aliphatic carbocycles. The molecule has 174 valence electrons. The molecule has 0 saturated carbocycles. The molecule has 8 rings (SSSR count). The van der Waals surface area contributed by atoms with Gasteiger partial charge in [0.05, 0.1) is 11.4 Å². The Morgan fingerprint density at radius 3 is 1.41 bits per heavy atom. The Bertz CT molecular complexity index is 1940. The lowest BCUT2D eigenvalue weighted by atomic mass is 10.1. The fraction of sp³-hybridized carbons (Fsp3) is 0. The number of hydrogen-bond donors (Lipinski definition) is 0. The Morgan fingerprint density at radius 1 is 0.486 bits per heavy atom. The average Bonchev–Trinajstić information content (AvgIpc) is 3.62. The van der Waals surface area contributed by atoms with E-state index in [1.165, 1.54) is 0 Å². The fourth-order valence-electron chi connectivity index (χ4n) is 5.18. The monoisotopic (exact) mass is 477 g/mol. The summed E-state index contributed by atoms with van der Waals surface area (Å²) in [7, 11) is 0. The highest BCUT2D eigenvalue weighted by molar-refractivity contribution is 6.20. The molecule has 0 unspecified atom stereocenters. The van der Waals surface area contributed by atoms with Crippen molar-refractivity contribution in [3.63, 3.8) is 0 Å². The molecule has 4 heterocycles. The average molecular weight is 478 g/mol. The van der Waals surface area contributed by atoms with Gasteiger partial charge in [-0.2, -0.15) is 0 Å². The van der Waals surface area contributed by atoms with Gasteiger partial charge >= 0.3 is 0 Å². The van der Waals surface area contributed by atoms with Gasteiger partial charge in [-0.05, 0) is 30.3 Å². The number of aromatic nitrogens is 3. The Labute approximate surface area is 211 Å². The van der Waals surface area contributed by atoms with Crippen molar-refractivity contribution in [3.8, 4) is 28.5 Å². The van der Waals surface area contributed by atoms with Gasteiger partial charge in [0.25, 0.3) is 0 Å². The van der Waals surface area contributed by atoms with E-state index < -0.39 is 0 Å². The fourth-order valence-corrected chi connectivity index (χ4v) is 5.18. The zero-order valence-corrected chi connectivity index (χ0v) is 19.6. The molecule has 0 bridgehead atoms. The molecule has 0 aliphatic rings. The molecule has 0 saturated heterocycles. The predicted molar refractivity (Wildman–Crippen MR) is 147 cm³/mol. The number of furan rings is 2. The highest BCUT2D eigenvalue weighted by Gasteiger charge is 2.26. The lowest BCUT2D eigenvalue weighted by Gasteiger charge is -2.11. The van der Waals surface area contributed by atoms with Crippen molar-refractivity contribution < 1.29 is 8.83 Å². The summed E-state index contributed by atoms with van der Waals surface area (Å²) in [4.78, 5) is 10.2. The third kappa shape index (κ3) is 2.98. The Hall–Kier alpha value is -5.16. The van der Waals surface area contributed by atoms with Gasteiger partial charge < -0.3 is 8.83 Å². The van der Waals surface area contributed by atoms with Gasteiger partial charge in [0.2, 0.25) is 5.95 Å². The van der Waals surface area contributed by atoms with Crippen LogP contribution < -0.4 is 0 Å². The molecule has 0 fully saturated rings. The summed E-state index contributed by atoms with van der Waals surface area (Å²) in [6.45, 7) is 0. The van der Waals surface area contributed by atoms with Crippen LogP contribution in [-0.2, 0) is 0 Å². The van der Waals surface area contributed by atoms with Gasteiger partial charge in [0.15, 0.2) is 11.2 Å².